The summed E-state index contributed by atoms with van der Waals surface area (Å²) < 4.78 is 5.70. The summed E-state index contributed by atoms with van der Waals surface area (Å²) in [7, 11) is 0. The van der Waals surface area contributed by atoms with Crippen molar-refractivity contribution in [1.82, 2.24) is 0 Å². The van der Waals surface area contributed by atoms with Crippen LogP contribution in [0.2, 0.25) is 0 Å². The lowest BCUT2D eigenvalue weighted by atomic mass is 10.0. The van der Waals surface area contributed by atoms with E-state index in [0.717, 1.165) is 27.9 Å². The zero-order chi connectivity index (χ0) is 13.4. The molecule has 0 bridgehead atoms. The quantitative estimate of drug-likeness (QED) is 0.505. The van der Waals surface area contributed by atoms with Gasteiger partial charge in [0.25, 0.3) is 5.69 Å². The second-order valence-corrected chi connectivity index (χ2v) is 4.38. The lowest BCUT2D eigenvalue weighted by Gasteiger charge is -2.02. The fraction of sp³-hybridized carbons (Fsp3) is 0.0667. The molecule has 0 atom stereocenters. The van der Waals surface area contributed by atoms with Crippen LogP contribution >= 0.6 is 0 Å². The zero-order valence-corrected chi connectivity index (χ0v) is 10.3. The molecule has 0 aliphatic rings. The number of para-hydroxylation sites is 1. The van der Waals surface area contributed by atoms with Crippen LogP contribution in [0.15, 0.2) is 52.9 Å². The molecular formula is C15H11NO3. The number of fused-ring (bicyclic) bond motifs is 1. The van der Waals surface area contributed by atoms with Crippen LogP contribution in [0.4, 0.5) is 5.69 Å². The molecule has 1 aromatic heterocycles. The molecule has 4 nitrogen and oxygen atoms in total. The molecule has 94 valence electrons. The van der Waals surface area contributed by atoms with E-state index in [2.05, 4.69) is 0 Å². The first-order valence-corrected chi connectivity index (χ1v) is 5.89. The van der Waals surface area contributed by atoms with Crippen LogP contribution in [0.25, 0.3) is 22.1 Å². The maximum absolute atomic E-state index is 10.7. The highest BCUT2D eigenvalue weighted by Crippen LogP contribution is 2.31. The lowest BCUT2D eigenvalue weighted by molar-refractivity contribution is -0.384. The monoisotopic (exact) mass is 253 g/mol. The Morgan fingerprint density at radius 3 is 2.53 bits per heavy atom. The minimum atomic E-state index is -0.401. The Bertz CT molecular complexity index is 757. The van der Waals surface area contributed by atoms with Crippen LogP contribution in [0, 0.1) is 17.0 Å². The van der Waals surface area contributed by atoms with Gasteiger partial charge in [0, 0.05) is 23.1 Å². The first kappa shape index (κ1) is 11.5. The van der Waals surface area contributed by atoms with Crippen LogP contribution in [-0.2, 0) is 0 Å². The lowest BCUT2D eigenvalue weighted by Crippen LogP contribution is -1.87. The average Bonchev–Trinajstić information content (AvgIpc) is 2.78. The van der Waals surface area contributed by atoms with Gasteiger partial charge in [-0.1, -0.05) is 18.2 Å². The minimum absolute atomic E-state index is 0.0894. The van der Waals surface area contributed by atoms with Crippen molar-refractivity contribution in [2.45, 2.75) is 6.92 Å². The summed E-state index contributed by atoms with van der Waals surface area (Å²) in [5, 5.41) is 11.7. The largest absolute Gasteiger partial charge is 0.461 e. The fourth-order valence-corrected chi connectivity index (χ4v) is 2.18. The van der Waals surface area contributed by atoms with E-state index in [1.54, 1.807) is 12.1 Å². The fourth-order valence-electron chi connectivity index (χ4n) is 2.18. The Kier molecular flexibility index (Phi) is 2.56. The van der Waals surface area contributed by atoms with Gasteiger partial charge in [-0.3, -0.25) is 10.1 Å². The summed E-state index contributed by atoms with van der Waals surface area (Å²) in [4.78, 5) is 10.3. The molecule has 0 aliphatic carbocycles. The maximum Gasteiger partial charge on any atom is 0.269 e. The molecule has 0 aliphatic heterocycles. The van der Waals surface area contributed by atoms with E-state index in [4.69, 9.17) is 4.42 Å². The van der Waals surface area contributed by atoms with Gasteiger partial charge >= 0.3 is 0 Å². The number of nitro groups is 1. The number of benzene rings is 2. The summed E-state index contributed by atoms with van der Waals surface area (Å²) in [6.45, 7) is 1.90. The molecule has 0 unspecified atom stereocenters. The SMILES string of the molecule is Cc1cc2cccc(-c3ccc([N+](=O)[O-])cc3)c2o1. The molecule has 0 radical (unpaired) electrons. The third-order valence-electron chi connectivity index (χ3n) is 3.06. The Balaban J connectivity index is 2.15. The standard InChI is InChI=1S/C15H11NO3/c1-10-9-12-3-2-4-14(15(12)19-10)11-5-7-13(8-6-11)16(17)18/h2-9H,1H3. The molecule has 19 heavy (non-hydrogen) atoms. The maximum atomic E-state index is 10.7. The molecule has 3 aromatic rings. The van der Waals surface area contributed by atoms with Crippen LogP contribution in [-0.4, -0.2) is 4.92 Å². The van der Waals surface area contributed by atoms with Crippen molar-refractivity contribution < 1.29 is 9.34 Å². The molecule has 0 fully saturated rings. The van der Waals surface area contributed by atoms with E-state index in [1.807, 2.05) is 31.2 Å². The second kappa shape index (κ2) is 4.24. The number of aryl methyl sites for hydroxylation is 1. The van der Waals surface area contributed by atoms with E-state index < -0.39 is 4.92 Å². The second-order valence-electron chi connectivity index (χ2n) is 4.38. The number of hydrogen-bond acceptors (Lipinski definition) is 3. The van der Waals surface area contributed by atoms with Gasteiger partial charge in [-0.25, -0.2) is 0 Å². The number of non-ortho nitro benzene ring substituents is 1. The predicted octanol–water partition coefficient (Wildman–Crippen LogP) is 4.32. The van der Waals surface area contributed by atoms with Gasteiger partial charge in [0.15, 0.2) is 0 Å². The Morgan fingerprint density at radius 1 is 1.11 bits per heavy atom. The van der Waals surface area contributed by atoms with Crippen LogP contribution in [0.1, 0.15) is 5.76 Å². The average molecular weight is 253 g/mol. The zero-order valence-electron chi connectivity index (χ0n) is 10.3. The molecular weight excluding hydrogens is 242 g/mol. The van der Waals surface area contributed by atoms with Crippen molar-refractivity contribution in [3.8, 4) is 11.1 Å². The van der Waals surface area contributed by atoms with E-state index >= 15 is 0 Å². The van der Waals surface area contributed by atoms with Gasteiger partial charge in [-0.2, -0.15) is 0 Å². The predicted molar refractivity (Wildman–Crippen MR) is 73.0 cm³/mol. The molecule has 3 rings (SSSR count). The van der Waals surface area contributed by atoms with Gasteiger partial charge in [0.1, 0.15) is 11.3 Å². The molecule has 0 spiro atoms. The molecule has 0 saturated heterocycles. The van der Waals surface area contributed by atoms with Crippen LogP contribution in [0.5, 0.6) is 0 Å². The van der Waals surface area contributed by atoms with Gasteiger partial charge in [-0.15, -0.1) is 0 Å². The Morgan fingerprint density at radius 2 is 1.84 bits per heavy atom. The van der Waals surface area contributed by atoms with Crippen LogP contribution < -0.4 is 0 Å². The normalized spacial score (nSPS) is 10.8. The third kappa shape index (κ3) is 1.97. The Hall–Kier alpha value is -2.62. The van der Waals surface area contributed by atoms with E-state index in [-0.39, 0.29) is 5.69 Å². The van der Waals surface area contributed by atoms with E-state index in [0.29, 0.717) is 0 Å². The summed E-state index contributed by atoms with van der Waals surface area (Å²) in [5.74, 6) is 0.851. The number of furan rings is 1. The smallest absolute Gasteiger partial charge is 0.269 e. The first-order valence-electron chi connectivity index (χ1n) is 5.89. The molecule has 0 amide bonds. The minimum Gasteiger partial charge on any atom is -0.461 e. The van der Waals surface area contributed by atoms with Crippen molar-refractivity contribution in [2.75, 3.05) is 0 Å². The summed E-state index contributed by atoms with van der Waals surface area (Å²) in [5.41, 5.74) is 2.76. The van der Waals surface area contributed by atoms with Crippen molar-refractivity contribution in [2.24, 2.45) is 0 Å². The summed E-state index contributed by atoms with van der Waals surface area (Å²) >= 11 is 0. The molecule has 0 N–H and O–H groups in total. The van der Waals surface area contributed by atoms with Crippen molar-refractivity contribution in [3.05, 3.63) is 64.4 Å². The highest BCUT2D eigenvalue weighted by atomic mass is 16.6. The van der Waals surface area contributed by atoms with Crippen molar-refractivity contribution >= 4 is 16.7 Å². The van der Waals surface area contributed by atoms with Gasteiger partial charge in [0.2, 0.25) is 0 Å². The number of nitrogens with zero attached hydrogens (tertiary/aromatic N) is 1. The number of nitro benzene ring substituents is 1. The molecule has 0 saturated carbocycles. The van der Waals surface area contributed by atoms with Crippen molar-refractivity contribution in [3.63, 3.8) is 0 Å². The van der Waals surface area contributed by atoms with Gasteiger partial charge < -0.3 is 4.42 Å². The van der Waals surface area contributed by atoms with Gasteiger partial charge in [-0.05, 0) is 30.7 Å². The topological polar surface area (TPSA) is 56.3 Å². The van der Waals surface area contributed by atoms with Crippen LogP contribution in [0.3, 0.4) is 0 Å². The molecule has 4 heteroatoms. The first-order chi connectivity index (χ1) is 9.15. The third-order valence-corrected chi connectivity index (χ3v) is 3.06. The van der Waals surface area contributed by atoms with E-state index in [1.165, 1.54) is 12.1 Å². The van der Waals surface area contributed by atoms with Gasteiger partial charge in [0.05, 0.1) is 4.92 Å². The van der Waals surface area contributed by atoms with Crippen molar-refractivity contribution in [1.29, 1.82) is 0 Å². The molecule has 2 aromatic carbocycles. The number of rotatable bonds is 2. The Labute approximate surface area is 109 Å². The van der Waals surface area contributed by atoms with E-state index in [9.17, 15) is 10.1 Å². The highest BCUT2D eigenvalue weighted by molar-refractivity contribution is 5.92. The highest BCUT2D eigenvalue weighted by Gasteiger charge is 2.10. The number of hydrogen-bond donors (Lipinski definition) is 0. The molecule has 1 heterocycles. The summed E-state index contributed by atoms with van der Waals surface area (Å²) in [6, 6.07) is 14.4. The summed E-state index contributed by atoms with van der Waals surface area (Å²) in [6.07, 6.45) is 0.